The van der Waals surface area contributed by atoms with Crippen LogP contribution in [0.2, 0.25) is 0 Å². The lowest BCUT2D eigenvalue weighted by Gasteiger charge is -2.23. The van der Waals surface area contributed by atoms with E-state index < -0.39 is 0 Å². The maximum absolute atomic E-state index is 4.04. The first-order valence-electron chi connectivity index (χ1n) is 4.24. The molecule has 1 saturated heterocycles. The largest absolute Gasteiger partial charge is 0.315 e. The number of nitrogens with zero attached hydrogens (tertiary/aromatic N) is 1. The Kier molecular flexibility index (Phi) is 6.54. The summed E-state index contributed by atoms with van der Waals surface area (Å²) in [6, 6.07) is 4.02. The summed E-state index contributed by atoms with van der Waals surface area (Å²) in [6.45, 7) is 2.24. The van der Waals surface area contributed by atoms with Gasteiger partial charge in [0.25, 0.3) is 0 Å². The first-order chi connectivity index (χ1) is 5.95. The Balaban J connectivity index is 0.000000845. The lowest BCUT2D eigenvalue weighted by molar-refractivity contribution is 0.420. The molecule has 78 valence electrons. The topological polar surface area (TPSA) is 24.9 Å². The average molecular weight is 233 g/mol. The van der Waals surface area contributed by atoms with E-state index in [1.807, 2.05) is 12.3 Å². The van der Waals surface area contributed by atoms with E-state index in [1.54, 1.807) is 6.20 Å². The predicted octanol–water partition coefficient (Wildman–Crippen LogP) is 2.16. The zero-order chi connectivity index (χ0) is 8.23. The van der Waals surface area contributed by atoms with Gasteiger partial charge in [0, 0.05) is 31.4 Å². The number of pyridine rings is 1. The number of aromatic nitrogens is 1. The van der Waals surface area contributed by atoms with Crippen molar-refractivity contribution >= 4 is 30.9 Å². The summed E-state index contributed by atoms with van der Waals surface area (Å²) in [7, 11) is 0. The highest BCUT2D eigenvalue weighted by molar-refractivity contribution is 5.85. The third-order valence-electron chi connectivity index (χ3n) is 2.06. The number of hydrogen-bond acceptors (Lipinski definition) is 2. The Morgan fingerprint density at radius 2 is 2.14 bits per heavy atom. The van der Waals surface area contributed by atoms with Crippen molar-refractivity contribution < 1.29 is 0 Å². The molecule has 1 aromatic heterocycles. The molecule has 0 spiro atoms. The van der Waals surface area contributed by atoms with E-state index in [0.717, 1.165) is 19.0 Å². The molecule has 1 N–H and O–H groups in total. The van der Waals surface area contributed by atoms with Crippen LogP contribution in [0, 0.1) is 5.92 Å². The molecule has 0 atom stereocenters. The van der Waals surface area contributed by atoms with Crippen molar-refractivity contribution in [2.75, 3.05) is 13.1 Å². The van der Waals surface area contributed by atoms with Crippen LogP contribution in [-0.4, -0.2) is 18.1 Å². The number of halogens is 2. The third kappa shape index (κ3) is 3.66. The van der Waals surface area contributed by atoms with Gasteiger partial charge in [-0.05, 0) is 11.6 Å². The molecule has 14 heavy (non-hydrogen) atoms. The van der Waals surface area contributed by atoms with Gasteiger partial charge in [-0.1, -0.05) is 18.2 Å². The van der Waals surface area contributed by atoms with Crippen LogP contribution < -0.4 is 5.32 Å². The first-order valence-corrected chi connectivity index (χ1v) is 4.24. The quantitative estimate of drug-likeness (QED) is 0.846. The standard InChI is InChI=1S/C10H12N2.2ClH/c1-2-9(6-11-5-1)3-4-10-7-12-8-10;;/h1-6,10,12H,7-8H2;2*1H/b4-3+;;. The molecule has 0 radical (unpaired) electrons. The van der Waals surface area contributed by atoms with Crippen LogP contribution in [0.15, 0.2) is 30.6 Å². The van der Waals surface area contributed by atoms with Gasteiger partial charge in [-0.15, -0.1) is 24.8 Å². The van der Waals surface area contributed by atoms with E-state index in [0.29, 0.717) is 0 Å². The van der Waals surface area contributed by atoms with Crippen molar-refractivity contribution in [1.82, 2.24) is 10.3 Å². The van der Waals surface area contributed by atoms with Crippen molar-refractivity contribution in [2.45, 2.75) is 0 Å². The second-order valence-electron chi connectivity index (χ2n) is 3.06. The van der Waals surface area contributed by atoms with Crippen LogP contribution in [0.3, 0.4) is 0 Å². The van der Waals surface area contributed by atoms with Crippen molar-refractivity contribution in [3.63, 3.8) is 0 Å². The van der Waals surface area contributed by atoms with Gasteiger partial charge in [0.1, 0.15) is 0 Å². The van der Waals surface area contributed by atoms with Gasteiger partial charge in [-0.3, -0.25) is 4.98 Å². The van der Waals surface area contributed by atoms with E-state index in [9.17, 15) is 0 Å². The normalized spacial score (nSPS) is 15.4. The summed E-state index contributed by atoms with van der Waals surface area (Å²) in [5.74, 6) is 0.727. The molecular weight excluding hydrogens is 219 g/mol. The lowest BCUT2D eigenvalue weighted by atomic mass is 10.0. The molecule has 1 aliphatic heterocycles. The average Bonchev–Trinajstić information content (AvgIpc) is 2.04. The summed E-state index contributed by atoms with van der Waals surface area (Å²) in [4.78, 5) is 4.04. The van der Waals surface area contributed by atoms with Crippen molar-refractivity contribution in [3.05, 3.63) is 36.2 Å². The first kappa shape index (κ1) is 13.4. The van der Waals surface area contributed by atoms with E-state index in [4.69, 9.17) is 0 Å². The summed E-state index contributed by atoms with van der Waals surface area (Å²) in [6.07, 6.45) is 8.05. The maximum atomic E-state index is 4.04. The molecule has 0 unspecified atom stereocenters. The Morgan fingerprint density at radius 3 is 2.64 bits per heavy atom. The molecule has 0 saturated carbocycles. The predicted molar refractivity (Wildman–Crippen MR) is 64.1 cm³/mol. The van der Waals surface area contributed by atoms with Gasteiger partial charge >= 0.3 is 0 Å². The molecule has 1 aromatic rings. The van der Waals surface area contributed by atoms with Crippen molar-refractivity contribution in [1.29, 1.82) is 0 Å². The van der Waals surface area contributed by atoms with Crippen LogP contribution >= 0.6 is 24.8 Å². The third-order valence-corrected chi connectivity index (χ3v) is 2.06. The highest BCUT2D eigenvalue weighted by atomic mass is 35.5. The number of rotatable bonds is 2. The number of hydrogen-bond donors (Lipinski definition) is 1. The molecule has 0 amide bonds. The highest BCUT2D eigenvalue weighted by Gasteiger charge is 2.11. The second-order valence-corrected chi connectivity index (χ2v) is 3.06. The van der Waals surface area contributed by atoms with Gasteiger partial charge < -0.3 is 5.32 Å². The summed E-state index contributed by atoms with van der Waals surface area (Å²) >= 11 is 0. The molecule has 1 fully saturated rings. The second kappa shape index (κ2) is 6.82. The van der Waals surface area contributed by atoms with Gasteiger partial charge in [0.05, 0.1) is 0 Å². The van der Waals surface area contributed by atoms with Crippen LogP contribution in [0.4, 0.5) is 0 Å². The van der Waals surface area contributed by atoms with Crippen molar-refractivity contribution in [2.24, 2.45) is 5.92 Å². The van der Waals surface area contributed by atoms with E-state index in [1.165, 1.54) is 5.56 Å². The van der Waals surface area contributed by atoms with Crippen LogP contribution in [0.25, 0.3) is 6.08 Å². The van der Waals surface area contributed by atoms with Crippen LogP contribution in [-0.2, 0) is 0 Å². The lowest BCUT2D eigenvalue weighted by Crippen LogP contribution is -2.40. The van der Waals surface area contributed by atoms with E-state index in [2.05, 4.69) is 28.5 Å². The molecule has 2 rings (SSSR count). The molecular formula is C10H14Cl2N2. The van der Waals surface area contributed by atoms with Gasteiger partial charge in [0.15, 0.2) is 0 Å². The summed E-state index contributed by atoms with van der Waals surface area (Å²) in [5, 5.41) is 3.23. The Labute approximate surface area is 96.6 Å². The molecule has 1 aliphatic rings. The van der Waals surface area contributed by atoms with E-state index in [-0.39, 0.29) is 24.8 Å². The minimum Gasteiger partial charge on any atom is -0.315 e. The van der Waals surface area contributed by atoms with Crippen LogP contribution in [0.1, 0.15) is 5.56 Å². The fourth-order valence-electron chi connectivity index (χ4n) is 1.17. The smallest absolute Gasteiger partial charge is 0.0340 e. The van der Waals surface area contributed by atoms with Crippen LogP contribution in [0.5, 0.6) is 0 Å². The Morgan fingerprint density at radius 1 is 1.36 bits per heavy atom. The van der Waals surface area contributed by atoms with Crippen molar-refractivity contribution in [3.8, 4) is 0 Å². The zero-order valence-electron chi connectivity index (χ0n) is 7.72. The monoisotopic (exact) mass is 232 g/mol. The van der Waals surface area contributed by atoms with Gasteiger partial charge in [-0.25, -0.2) is 0 Å². The summed E-state index contributed by atoms with van der Waals surface area (Å²) < 4.78 is 0. The molecule has 2 nitrogen and oxygen atoms in total. The SMILES string of the molecule is C(=C\C1CNC1)/c1cccnc1.Cl.Cl. The molecule has 0 bridgehead atoms. The fourth-order valence-corrected chi connectivity index (χ4v) is 1.17. The molecule has 4 heteroatoms. The Bertz CT molecular complexity index is 271. The van der Waals surface area contributed by atoms with Gasteiger partial charge in [0.2, 0.25) is 0 Å². The fraction of sp³-hybridized carbons (Fsp3) is 0.300. The van der Waals surface area contributed by atoms with E-state index >= 15 is 0 Å². The van der Waals surface area contributed by atoms with Gasteiger partial charge in [-0.2, -0.15) is 0 Å². The zero-order valence-corrected chi connectivity index (χ0v) is 9.35. The molecule has 0 aromatic carbocycles. The molecule has 0 aliphatic carbocycles. The highest BCUT2D eigenvalue weighted by Crippen LogP contribution is 2.07. The number of nitrogens with one attached hydrogen (secondary N) is 1. The summed E-state index contributed by atoms with van der Waals surface area (Å²) in [5.41, 5.74) is 1.18. The minimum absolute atomic E-state index is 0. The Hall–Kier alpha value is -0.570. The molecule has 2 heterocycles. The minimum atomic E-state index is 0. The maximum Gasteiger partial charge on any atom is 0.0340 e.